The smallest absolute Gasteiger partial charge is 0.365 e. The molecule has 2 aliphatic rings. The Hall–Kier alpha value is -2.41. The summed E-state index contributed by atoms with van der Waals surface area (Å²) in [5.41, 5.74) is 1.01. The average molecular weight is 361 g/mol. The van der Waals surface area contributed by atoms with Gasteiger partial charge in [-0.25, -0.2) is 9.59 Å². The van der Waals surface area contributed by atoms with E-state index in [0.29, 0.717) is 30.5 Å². The zero-order chi connectivity index (χ0) is 18.5. The molecule has 0 radical (unpaired) electrons. The van der Waals surface area contributed by atoms with Gasteiger partial charge in [-0.2, -0.15) is 0 Å². The van der Waals surface area contributed by atoms with Gasteiger partial charge in [0.15, 0.2) is 6.04 Å². The third kappa shape index (κ3) is 4.22. The second kappa shape index (κ2) is 8.31. The fraction of sp³-hybridized carbons (Fsp3) is 0.526. The SMILES string of the molecule is CCOC(=O)c1ccc(NC(=O)C[C@@H]2C(=O)OC[C@@H]3CCCC[NH+]32)cc1. The van der Waals surface area contributed by atoms with Gasteiger partial charge in [0, 0.05) is 12.1 Å². The number of esters is 2. The molecule has 1 aromatic rings. The predicted molar refractivity (Wildman–Crippen MR) is 93.9 cm³/mol. The molecule has 0 saturated carbocycles. The van der Waals surface area contributed by atoms with Crippen molar-refractivity contribution in [1.82, 2.24) is 0 Å². The summed E-state index contributed by atoms with van der Waals surface area (Å²) in [5, 5.41) is 2.79. The van der Waals surface area contributed by atoms with E-state index in [-0.39, 0.29) is 18.3 Å². The van der Waals surface area contributed by atoms with Gasteiger partial charge in [-0.1, -0.05) is 0 Å². The fourth-order valence-electron chi connectivity index (χ4n) is 3.71. The van der Waals surface area contributed by atoms with Gasteiger partial charge < -0.3 is 19.7 Å². The average Bonchev–Trinajstić information content (AvgIpc) is 2.65. The van der Waals surface area contributed by atoms with Crippen LogP contribution in [-0.2, 0) is 19.1 Å². The van der Waals surface area contributed by atoms with Crippen LogP contribution in [0.3, 0.4) is 0 Å². The number of carbonyl (C=O) groups excluding carboxylic acids is 3. The summed E-state index contributed by atoms with van der Waals surface area (Å²) in [5.74, 6) is -0.907. The van der Waals surface area contributed by atoms with Crippen LogP contribution in [-0.4, -0.2) is 49.7 Å². The van der Waals surface area contributed by atoms with Crippen molar-refractivity contribution in [2.45, 2.75) is 44.7 Å². The lowest BCUT2D eigenvalue weighted by Crippen LogP contribution is -3.22. The number of rotatable bonds is 5. The topological polar surface area (TPSA) is 86.1 Å². The van der Waals surface area contributed by atoms with Crippen molar-refractivity contribution in [1.29, 1.82) is 0 Å². The van der Waals surface area contributed by atoms with Crippen LogP contribution in [0.15, 0.2) is 24.3 Å². The first-order valence-corrected chi connectivity index (χ1v) is 9.17. The van der Waals surface area contributed by atoms with Crippen molar-refractivity contribution in [2.24, 2.45) is 0 Å². The number of nitrogens with one attached hydrogen (secondary N) is 2. The second-order valence-corrected chi connectivity index (χ2v) is 6.75. The minimum Gasteiger partial charge on any atom is -0.462 e. The van der Waals surface area contributed by atoms with Crippen LogP contribution in [0.25, 0.3) is 0 Å². The molecule has 0 aromatic heterocycles. The predicted octanol–water partition coefficient (Wildman–Crippen LogP) is 0.555. The summed E-state index contributed by atoms with van der Waals surface area (Å²) in [6, 6.07) is 6.39. The van der Waals surface area contributed by atoms with Crippen molar-refractivity contribution in [3.63, 3.8) is 0 Å². The Morgan fingerprint density at radius 3 is 2.77 bits per heavy atom. The molecule has 0 bridgehead atoms. The highest BCUT2D eigenvalue weighted by Crippen LogP contribution is 2.13. The second-order valence-electron chi connectivity index (χ2n) is 6.75. The van der Waals surface area contributed by atoms with Crippen molar-refractivity contribution in [2.75, 3.05) is 25.1 Å². The highest BCUT2D eigenvalue weighted by molar-refractivity contribution is 5.95. The number of quaternary nitrogens is 1. The molecule has 2 heterocycles. The minimum atomic E-state index is -0.437. The van der Waals surface area contributed by atoms with Gasteiger partial charge in [0.2, 0.25) is 5.91 Å². The molecule has 1 aromatic carbocycles. The number of benzene rings is 1. The van der Waals surface area contributed by atoms with E-state index < -0.39 is 12.0 Å². The summed E-state index contributed by atoms with van der Waals surface area (Å²) in [4.78, 5) is 37.4. The summed E-state index contributed by atoms with van der Waals surface area (Å²) in [6.45, 7) is 3.43. The van der Waals surface area contributed by atoms with Crippen molar-refractivity contribution in [3.8, 4) is 0 Å². The maximum absolute atomic E-state index is 12.4. The number of morpholine rings is 1. The van der Waals surface area contributed by atoms with Crippen LogP contribution < -0.4 is 10.2 Å². The molecule has 26 heavy (non-hydrogen) atoms. The molecule has 0 aliphatic carbocycles. The van der Waals surface area contributed by atoms with E-state index in [2.05, 4.69) is 5.32 Å². The Morgan fingerprint density at radius 2 is 2.04 bits per heavy atom. The quantitative estimate of drug-likeness (QED) is 0.749. The van der Waals surface area contributed by atoms with Crippen LogP contribution in [0.1, 0.15) is 43.0 Å². The van der Waals surface area contributed by atoms with Crippen molar-refractivity contribution < 1.29 is 28.8 Å². The number of ether oxygens (including phenoxy) is 2. The van der Waals surface area contributed by atoms with E-state index in [9.17, 15) is 14.4 Å². The largest absolute Gasteiger partial charge is 0.462 e. The third-order valence-corrected chi connectivity index (χ3v) is 5.02. The molecular weight excluding hydrogens is 336 g/mol. The molecule has 2 N–H and O–H groups in total. The normalized spacial score (nSPS) is 25.0. The molecule has 2 saturated heterocycles. The van der Waals surface area contributed by atoms with Crippen LogP contribution >= 0.6 is 0 Å². The van der Waals surface area contributed by atoms with Gasteiger partial charge in [0.1, 0.15) is 12.6 Å². The molecule has 7 nitrogen and oxygen atoms in total. The minimum absolute atomic E-state index is 0.101. The standard InChI is InChI=1S/C19H24N2O5/c1-2-25-18(23)13-6-8-14(9-7-13)20-17(22)11-16-19(24)26-12-15-5-3-4-10-21(15)16/h6-9,15-16H,2-5,10-12H2,1H3,(H,20,22)/p+1/t15-,16+/m0/s1. The van der Waals surface area contributed by atoms with Gasteiger partial charge in [0.05, 0.1) is 25.1 Å². The number of fused-ring (bicyclic) bond motifs is 1. The molecule has 140 valence electrons. The maximum Gasteiger partial charge on any atom is 0.365 e. The Morgan fingerprint density at radius 1 is 1.27 bits per heavy atom. The van der Waals surface area contributed by atoms with Crippen molar-refractivity contribution in [3.05, 3.63) is 29.8 Å². The Kier molecular flexibility index (Phi) is 5.88. The molecule has 3 atom stereocenters. The highest BCUT2D eigenvalue weighted by atomic mass is 16.5. The third-order valence-electron chi connectivity index (χ3n) is 5.02. The first kappa shape index (κ1) is 18.4. The Labute approximate surface area is 152 Å². The lowest BCUT2D eigenvalue weighted by molar-refractivity contribution is -0.951. The number of hydrogen-bond donors (Lipinski definition) is 2. The van der Waals surface area contributed by atoms with E-state index in [1.165, 1.54) is 4.90 Å². The number of carbonyl (C=O) groups is 3. The van der Waals surface area contributed by atoms with E-state index in [0.717, 1.165) is 25.8 Å². The molecule has 3 rings (SSSR count). The van der Waals surface area contributed by atoms with Gasteiger partial charge in [-0.05, 0) is 44.0 Å². The lowest BCUT2D eigenvalue weighted by Gasteiger charge is -2.40. The Balaban J connectivity index is 1.59. The molecular formula is C19H25N2O5+. The maximum atomic E-state index is 12.4. The number of hydrogen-bond acceptors (Lipinski definition) is 5. The number of amides is 1. The van der Waals surface area contributed by atoms with Crippen LogP contribution in [0, 0.1) is 0 Å². The van der Waals surface area contributed by atoms with E-state index in [1.807, 2.05) is 0 Å². The highest BCUT2D eigenvalue weighted by Gasteiger charge is 2.43. The molecule has 1 amide bonds. The summed E-state index contributed by atoms with van der Waals surface area (Å²) in [7, 11) is 0. The van der Waals surface area contributed by atoms with Crippen molar-refractivity contribution >= 4 is 23.5 Å². The van der Waals surface area contributed by atoms with Gasteiger partial charge in [-0.3, -0.25) is 4.79 Å². The first-order chi connectivity index (χ1) is 12.6. The molecule has 1 unspecified atom stereocenters. The van der Waals surface area contributed by atoms with Crippen LogP contribution in [0.4, 0.5) is 5.69 Å². The first-order valence-electron chi connectivity index (χ1n) is 9.17. The number of anilines is 1. The Bertz CT molecular complexity index is 673. The number of cyclic esters (lactones) is 1. The van der Waals surface area contributed by atoms with Crippen LogP contribution in [0.2, 0.25) is 0 Å². The van der Waals surface area contributed by atoms with E-state index >= 15 is 0 Å². The molecule has 2 fully saturated rings. The van der Waals surface area contributed by atoms with Gasteiger partial charge in [-0.15, -0.1) is 0 Å². The fourth-order valence-corrected chi connectivity index (χ4v) is 3.71. The molecule has 2 aliphatic heterocycles. The van der Waals surface area contributed by atoms with E-state index in [4.69, 9.17) is 9.47 Å². The summed E-state index contributed by atoms with van der Waals surface area (Å²) in [6.07, 6.45) is 3.37. The van der Waals surface area contributed by atoms with Crippen LogP contribution in [0.5, 0.6) is 0 Å². The lowest BCUT2D eigenvalue weighted by atomic mass is 9.97. The van der Waals surface area contributed by atoms with E-state index in [1.54, 1.807) is 31.2 Å². The zero-order valence-corrected chi connectivity index (χ0v) is 15.0. The number of piperidine rings is 1. The van der Waals surface area contributed by atoms with Gasteiger partial charge in [0.25, 0.3) is 0 Å². The zero-order valence-electron chi connectivity index (χ0n) is 15.0. The van der Waals surface area contributed by atoms with Gasteiger partial charge >= 0.3 is 11.9 Å². The molecule has 7 heteroatoms. The monoisotopic (exact) mass is 361 g/mol. The summed E-state index contributed by atoms with van der Waals surface area (Å²) >= 11 is 0. The molecule has 0 spiro atoms. The summed E-state index contributed by atoms with van der Waals surface area (Å²) < 4.78 is 10.2.